The highest BCUT2D eigenvalue weighted by Crippen LogP contribution is 2.29. The van der Waals surface area contributed by atoms with E-state index in [1.165, 1.54) is 24.1 Å². The van der Waals surface area contributed by atoms with Crippen LogP contribution in [0, 0.1) is 0 Å². The summed E-state index contributed by atoms with van der Waals surface area (Å²) in [5.74, 6) is -0.163. The quantitative estimate of drug-likeness (QED) is 0.753. The Balaban J connectivity index is 2.28. The van der Waals surface area contributed by atoms with Crippen LogP contribution >= 0.6 is 11.6 Å². The maximum Gasteiger partial charge on any atom is 0.411 e. The van der Waals surface area contributed by atoms with Gasteiger partial charge in [0.2, 0.25) is 0 Å². The number of ether oxygens (including phenoxy) is 3. The smallest absolute Gasteiger partial charge is 0.411 e. The standard InChI is InChI=1S/C17H24ClN3O5/c1-4-26-17(23)21-7-5-6-13(24-2)15(21)20-16(22)10-8-11(18)12(19)9-14(10)25-3/h8-9,13,15H,4-7,19H2,1-3H3,(H,20,22)/t13-,15+/m0/s1. The minimum Gasteiger partial charge on any atom is -0.496 e. The average Bonchev–Trinajstić information content (AvgIpc) is 2.63. The van der Waals surface area contributed by atoms with Crippen molar-refractivity contribution in [1.82, 2.24) is 10.2 Å². The van der Waals surface area contributed by atoms with Crippen molar-refractivity contribution in [2.24, 2.45) is 0 Å². The first-order valence-corrected chi connectivity index (χ1v) is 8.70. The highest BCUT2D eigenvalue weighted by molar-refractivity contribution is 6.33. The van der Waals surface area contributed by atoms with Crippen molar-refractivity contribution >= 4 is 29.3 Å². The second kappa shape index (κ2) is 8.95. The predicted molar refractivity (Wildman–Crippen MR) is 97.4 cm³/mol. The topological polar surface area (TPSA) is 103 Å². The average molecular weight is 386 g/mol. The molecule has 1 heterocycles. The molecule has 26 heavy (non-hydrogen) atoms. The second-order valence-electron chi connectivity index (χ2n) is 5.80. The lowest BCUT2D eigenvalue weighted by molar-refractivity contribution is -0.0274. The molecule has 1 aliphatic rings. The van der Waals surface area contributed by atoms with Crippen LogP contribution in [-0.4, -0.2) is 56.5 Å². The van der Waals surface area contributed by atoms with Crippen LogP contribution < -0.4 is 15.8 Å². The molecular formula is C17H24ClN3O5. The maximum absolute atomic E-state index is 12.8. The van der Waals surface area contributed by atoms with E-state index in [1.54, 1.807) is 14.0 Å². The summed E-state index contributed by atoms with van der Waals surface area (Å²) in [7, 11) is 2.97. The van der Waals surface area contributed by atoms with Crippen LogP contribution in [0.5, 0.6) is 5.75 Å². The van der Waals surface area contributed by atoms with Crippen LogP contribution in [0.1, 0.15) is 30.1 Å². The van der Waals surface area contributed by atoms with Gasteiger partial charge in [-0.1, -0.05) is 11.6 Å². The first kappa shape index (κ1) is 20.1. The Morgan fingerprint density at radius 1 is 1.38 bits per heavy atom. The van der Waals surface area contributed by atoms with E-state index in [0.717, 1.165) is 6.42 Å². The fourth-order valence-corrected chi connectivity index (χ4v) is 3.08. The number of methoxy groups -OCH3 is 2. The molecule has 1 saturated heterocycles. The lowest BCUT2D eigenvalue weighted by Crippen LogP contribution is -2.60. The van der Waals surface area contributed by atoms with Crippen LogP contribution in [0.2, 0.25) is 5.02 Å². The number of hydrogen-bond acceptors (Lipinski definition) is 6. The number of halogens is 1. The number of anilines is 1. The van der Waals surface area contributed by atoms with Gasteiger partial charge in [0.05, 0.1) is 36.1 Å². The van der Waals surface area contributed by atoms with Gasteiger partial charge in [-0.25, -0.2) is 4.79 Å². The molecule has 1 aliphatic heterocycles. The number of nitrogen functional groups attached to an aromatic ring is 1. The number of carbonyl (C=O) groups excluding carboxylic acids is 2. The third kappa shape index (κ3) is 4.31. The molecule has 1 fully saturated rings. The molecule has 2 rings (SSSR count). The number of amides is 2. The van der Waals surface area contributed by atoms with Gasteiger partial charge in [-0.15, -0.1) is 0 Å². The number of hydrogen-bond donors (Lipinski definition) is 2. The van der Waals surface area contributed by atoms with Gasteiger partial charge >= 0.3 is 6.09 Å². The summed E-state index contributed by atoms with van der Waals surface area (Å²) in [6.07, 6.45) is -0.0620. The summed E-state index contributed by atoms with van der Waals surface area (Å²) in [5, 5.41) is 3.07. The predicted octanol–water partition coefficient (Wildman–Crippen LogP) is 2.25. The van der Waals surface area contributed by atoms with Gasteiger partial charge in [-0.3, -0.25) is 9.69 Å². The Morgan fingerprint density at radius 3 is 2.73 bits per heavy atom. The van der Waals surface area contributed by atoms with E-state index < -0.39 is 18.2 Å². The van der Waals surface area contributed by atoms with E-state index in [2.05, 4.69) is 5.32 Å². The molecule has 8 nitrogen and oxygen atoms in total. The number of likely N-dealkylation sites (tertiary alicyclic amines) is 1. The van der Waals surface area contributed by atoms with E-state index in [-0.39, 0.29) is 29.0 Å². The Morgan fingerprint density at radius 2 is 2.12 bits per heavy atom. The summed E-state index contributed by atoms with van der Waals surface area (Å²) in [6, 6.07) is 2.92. The maximum atomic E-state index is 12.8. The zero-order valence-electron chi connectivity index (χ0n) is 15.1. The van der Waals surface area contributed by atoms with Crippen molar-refractivity contribution in [3.05, 3.63) is 22.7 Å². The lowest BCUT2D eigenvalue weighted by atomic mass is 10.0. The molecule has 0 aromatic heterocycles. The van der Waals surface area contributed by atoms with Crippen LogP contribution in [0.25, 0.3) is 0 Å². The Bertz CT molecular complexity index is 670. The minimum atomic E-state index is -0.665. The molecule has 1 aromatic rings. The Kier molecular flexibility index (Phi) is 6.93. The van der Waals surface area contributed by atoms with Crippen LogP contribution in [-0.2, 0) is 9.47 Å². The minimum absolute atomic E-state index is 0.218. The van der Waals surface area contributed by atoms with Crippen molar-refractivity contribution in [2.75, 3.05) is 33.1 Å². The SMILES string of the molecule is CCOC(=O)N1CCC[C@H](OC)[C@@H]1NC(=O)c1cc(Cl)c(N)cc1OC. The zero-order chi connectivity index (χ0) is 19.3. The number of nitrogens with one attached hydrogen (secondary N) is 1. The highest BCUT2D eigenvalue weighted by atomic mass is 35.5. The molecule has 0 bridgehead atoms. The highest BCUT2D eigenvalue weighted by Gasteiger charge is 2.37. The van der Waals surface area contributed by atoms with Gasteiger partial charge < -0.3 is 25.3 Å². The van der Waals surface area contributed by atoms with Crippen molar-refractivity contribution < 1.29 is 23.8 Å². The van der Waals surface area contributed by atoms with Gasteiger partial charge in [-0.05, 0) is 25.8 Å². The monoisotopic (exact) mass is 385 g/mol. The van der Waals surface area contributed by atoms with E-state index in [4.69, 9.17) is 31.5 Å². The second-order valence-corrected chi connectivity index (χ2v) is 6.21. The first-order valence-electron chi connectivity index (χ1n) is 8.33. The molecule has 2 amide bonds. The normalized spacial score (nSPS) is 19.8. The van der Waals surface area contributed by atoms with Gasteiger partial charge in [0.25, 0.3) is 5.91 Å². The number of benzene rings is 1. The summed E-state index contributed by atoms with van der Waals surface area (Å²) < 4.78 is 15.8. The summed E-state index contributed by atoms with van der Waals surface area (Å²) in [5.41, 5.74) is 6.28. The fourth-order valence-electron chi connectivity index (χ4n) is 2.92. The van der Waals surface area contributed by atoms with Gasteiger partial charge in [-0.2, -0.15) is 0 Å². The molecule has 2 atom stereocenters. The van der Waals surface area contributed by atoms with E-state index in [1.807, 2.05) is 0 Å². The zero-order valence-corrected chi connectivity index (χ0v) is 15.8. The van der Waals surface area contributed by atoms with Crippen molar-refractivity contribution in [3.63, 3.8) is 0 Å². The summed E-state index contributed by atoms with van der Waals surface area (Å²) in [4.78, 5) is 26.5. The molecule has 0 spiro atoms. The van der Waals surface area contributed by atoms with Gasteiger partial charge in [0.15, 0.2) is 0 Å². The largest absolute Gasteiger partial charge is 0.496 e. The molecule has 0 saturated carbocycles. The number of carbonyl (C=O) groups is 2. The van der Waals surface area contributed by atoms with E-state index in [0.29, 0.717) is 18.7 Å². The molecular weight excluding hydrogens is 362 g/mol. The number of rotatable bonds is 5. The van der Waals surface area contributed by atoms with Crippen LogP contribution in [0.15, 0.2) is 12.1 Å². The Labute approximate surface area is 157 Å². The van der Waals surface area contributed by atoms with E-state index in [9.17, 15) is 9.59 Å². The summed E-state index contributed by atoms with van der Waals surface area (Å²) in [6.45, 7) is 2.43. The molecule has 1 aromatic carbocycles. The van der Waals surface area contributed by atoms with Crippen molar-refractivity contribution in [2.45, 2.75) is 32.0 Å². The fraction of sp³-hybridized carbons (Fsp3) is 0.529. The van der Waals surface area contributed by atoms with Gasteiger partial charge in [0, 0.05) is 19.7 Å². The third-order valence-corrected chi connectivity index (χ3v) is 4.55. The number of piperidine rings is 1. The number of nitrogens with two attached hydrogens (primary N) is 1. The van der Waals surface area contributed by atoms with Crippen molar-refractivity contribution in [1.29, 1.82) is 0 Å². The molecule has 3 N–H and O–H groups in total. The first-order chi connectivity index (χ1) is 12.4. The molecule has 9 heteroatoms. The lowest BCUT2D eigenvalue weighted by Gasteiger charge is -2.40. The van der Waals surface area contributed by atoms with Gasteiger partial charge in [0.1, 0.15) is 11.9 Å². The number of nitrogens with zero attached hydrogens (tertiary/aromatic N) is 1. The van der Waals surface area contributed by atoms with E-state index >= 15 is 0 Å². The molecule has 144 valence electrons. The molecule has 0 radical (unpaired) electrons. The van der Waals surface area contributed by atoms with Crippen LogP contribution in [0.3, 0.4) is 0 Å². The van der Waals surface area contributed by atoms with Crippen LogP contribution in [0.4, 0.5) is 10.5 Å². The molecule has 0 aliphatic carbocycles. The third-order valence-electron chi connectivity index (χ3n) is 4.22. The molecule has 0 unspecified atom stereocenters. The Hall–Kier alpha value is -2.19. The van der Waals surface area contributed by atoms with Crippen molar-refractivity contribution in [3.8, 4) is 5.75 Å². The summed E-state index contributed by atoms with van der Waals surface area (Å²) >= 11 is 6.04.